The van der Waals surface area contributed by atoms with Crippen LogP contribution in [0.25, 0.3) is 0 Å². The van der Waals surface area contributed by atoms with Crippen molar-refractivity contribution in [3.05, 3.63) is 47.8 Å². The van der Waals surface area contributed by atoms with E-state index in [4.69, 9.17) is 5.11 Å². The van der Waals surface area contributed by atoms with Gasteiger partial charge in [-0.2, -0.15) is 0 Å². The molecule has 21 heavy (non-hydrogen) atoms. The lowest BCUT2D eigenvalue weighted by molar-refractivity contribution is -0.122. The van der Waals surface area contributed by atoms with Gasteiger partial charge in [-0.15, -0.1) is 5.10 Å². The third-order valence-electron chi connectivity index (χ3n) is 3.09. The van der Waals surface area contributed by atoms with Crippen molar-refractivity contribution in [3.8, 4) is 0 Å². The van der Waals surface area contributed by atoms with Crippen LogP contribution < -0.4 is 5.32 Å². The molecule has 1 amide bonds. The summed E-state index contributed by atoms with van der Waals surface area (Å²) in [5.74, 6) is -1.45. The van der Waals surface area contributed by atoms with Gasteiger partial charge in [0, 0.05) is 6.54 Å². The summed E-state index contributed by atoms with van der Waals surface area (Å²) in [5.41, 5.74) is 0.836. The minimum atomic E-state index is -1.12. The van der Waals surface area contributed by atoms with E-state index >= 15 is 0 Å². The number of hydrogen-bond donors (Lipinski definition) is 2. The molecular formula is C14H16N4O3. The predicted molar refractivity (Wildman–Crippen MR) is 74.8 cm³/mol. The average Bonchev–Trinajstić information content (AvgIpc) is 2.96. The zero-order valence-corrected chi connectivity index (χ0v) is 11.6. The SMILES string of the molecule is CC(C(=O)NCCn1cc(C(=O)O)nn1)c1ccccc1. The van der Waals surface area contributed by atoms with Crippen LogP contribution in [-0.4, -0.2) is 38.5 Å². The summed E-state index contributed by atoms with van der Waals surface area (Å²) in [6.07, 6.45) is 1.33. The highest BCUT2D eigenvalue weighted by Gasteiger charge is 2.14. The molecule has 0 aliphatic carbocycles. The molecule has 1 unspecified atom stereocenters. The van der Waals surface area contributed by atoms with Crippen LogP contribution in [0.5, 0.6) is 0 Å². The molecule has 1 aromatic carbocycles. The van der Waals surface area contributed by atoms with Crippen molar-refractivity contribution in [2.45, 2.75) is 19.4 Å². The smallest absolute Gasteiger partial charge is 0.358 e. The minimum absolute atomic E-state index is 0.0835. The number of nitrogens with one attached hydrogen (secondary N) is 1. The van der Waals surface area contributed by atoms with Crippen LogP contribution in [0.2, 0.25) is 0 Å². The van der Waals surface area contributed by atoms with E-state index in [1.807, 2.05) is 37.3 Å². The highest BCUT2D eigenvalue weighted by molar-refractivity contribution is 5.84. The number of carboxylic acid groups (broad SMARTS) is 1. The Hall–Kier alpha value is -2.70. The predicted octanol–water partition coefficient (Wildman–Crippen LogP) is 0.896. The number of aromatic carboxylic acids is 1. The molecule has 1 aromatic heterocycles. The van der Waals surface area contributed by atoms with Crippen LogP contribution >= 0.6 is 0 Å². The largest absolute Gasteiger partial charge is 0.476 e. The van der Waals surface area contributed by atoms with Crippen molar-refractivity contribution >= 4 is 11.9 Å². The molecule has 0 aliphatic heterocycles. The summed E-state index contributed by atoms with van der Waals surface area (Å²) in [7, 11) is 0. The molecule has 0 radical (unpaired) electrons. The van der Waals surface area contributed by atoms with Crippen LogP contribution in [0.1, 0.15) is 28.9 Å². The number of nitrogens with zero attached hydrogens (tertiary/aromatic N) is 3. The van der Waals surface area contributed by atoms with Crippen LogP contribution in [-0.2, 0) is 11.3 Å². The zero-order chi connectivity index (χ0) is 15.2. The minimum Gasteiger partial charge on any atom is -0.476 e. The highest BCUT2D eigenvalue weighted by atomic mass is 16.4. The number of aromatic nitrogens is 3. The Morgan fingerprint density at radius 3 is 2.67 bits per heavy atom. The summed E-state index contributed by atoms with van der Waals surface area (Å²) >= 11 is 0. The van der Waals surface area contributed by atoms with Crippen LogP contribution in [0, 0.1) is 0 Å². The molecule has 7 heteroatoms. The average molecular weight is 288 g/mol. The van der Waals surface area contributed by atoms with Gasteiger partial charge in [0.05, 0.1) is 18.7 Å². The van der Waals surface area contributed by atoms with Crippen molar-refractivity contribution in [1.29, 1.82) is 0 Å². The summed E-state index contributed by atoms with van der Waals surface area (Å²) < 4.78 is 1.39. The maximum absolute atomic E-state index is 12.0. The molecule has 2 aromatic rings. The van der Waals surface area contributed by atoms with Crippen molar-refractivity contribution in [2.75, 3.05) is 6.54 Å². The van der Waals surface area contributed by atoms with Gasteiger partial charge >= 0.3 is 5.97 Å². The van der Waals surface area contributed by atoms with Crippen LogP contribution in [0.3, 0.4) is 0 Å². The quantitative estimate of drug-likeness (QED) is 0.823. The number of hydrogen-bond acceptors (Lipinski definition) is 4. The summed E-state index contributed by atoms with van der Waals surface area (Å²) in [5, 5.41) is 18.7. The van der Waals surface area contributed by atoms with Crippen molar-refractivity contribution in [1.82, 2.24) is 20.3 Å². The van der Waals surface area contributed by atoms with E-state index < -0.39 is 5.97 Å². The fourth-order valence-corrected chi connectivity index (χ4v) is 1.85. The maximum Gasteiger partial charge on any atom is 0.358 e. The Morgan fingerprint density at radius 2 is 2.05 bits per heavy atom. The van der Waals surface area contributed by atoms with Crippen LogP contribution in [0.4, 0.5) is 0 Å². The van der Waals surface area contributed by atoms with E-state index in [9.17, 15) is 9.59 Å². The van der Waals surface area contributed by atoms with E-state index in [2.05, 4.69) is 15.6 Å². The molecule has 0 bridgehead atoms. The fraction of sp³-hybridized carbons (Fsp3) is 0.286. The molecule has 1 atom stereocenters. The van der Waals surface area contributed by atoms with E-state index in [-0.39, 0.29) is 17.5 Å². The van der Waals surface area contributed by atoms with Crippen molar-refractivity contribution in [2.24, 2.45) is 0 Å². The van der Waals surface area contributed by atoms with Gasteiger partial charge < -0.3 is 10.4 Å². The second-order valence-corrected chi connectivity index (χ2v) is 4.60. The van der Waals surface area contributed by atoms with Crippen LogP contribution in [0.15, 0.2) is 36.5 Å². The number of amides is 1. The Bertz CT molecular complexity index is 624. The van der Waals surface area contributed by atoms with E-state index in [1.165, 1.54) is 10.9 Å². The number of carbonyl (C=O) groups excluding carboxylic acids is 1. The maximum atomic E-state index is 12.0. The lowest BCUT2D eigenvalue weighted by Crippen LogP contribution is -2.31. The van der Waals surface area contributed by atoms with Crippen molar-refractivity contribution < 1.29 is 14.7 Å². The number of carboxylic acids is 1. The molecule has 2 rings (SSSR count). The Labute approximate surface area is 121 Å². The van der Waals surface area contributed by atoms with Gasteiger partial charge in [-0.3, -0.25) is 4.79 Å². The second-order valence-electron chi connectivity index (χ2n) is 4.60. The number of benzene rings is 1. The molecular weight excluding hydrogens is 272 g/mol. The monoisotopic (exact) mass is 288 g/mol. The van der Waals surface area contributed by atoms with Gasteiger partial charge in [0.25, 0.3) is 0 Å². The summed E-state index contributed by atoms with van der Waals surface area (Å²) in [6, 6.07) is 9.49. The molecule has 7 nitrogen and oxygen atoms in total. The van der Waals surface area contributed by atoms with Gasteiger partial charge in [0.15, 0.2) is 5.69 Å². The van der Waals surface area contributed by atoms with E-state index in [1.54, 1.807) is 0 Å². The molecule has 110 valence electrons. The fourth-order valence-electron chi connectivity index (χ4n) is 1.85. The number of carbonyl (C=O) groups is 2. The normalized spacial score (nSPS) is 11.9. The van der Waals surface area contributed by atoms with E-state index in [0.29, 0.717) is 13.1 Å². The molecule has 0 aliphatic rings. The molecule has 0 saturated heterocycles. The zero-order valence-electron chi connectivity index (χ0n) is 11.6. The third-order valence-corrected chi connectivity index (χ3v) is 3.09. The third kappa shape index (κ3) is 3.88. The number of rotatable bonds is 6. The van der Waals surface area contributed by atoms with Gasteiger partial charge in [-0.05, 0) is 12.5 Å². The van der Waals surface area contributed by atoms with E-state index in [0.717, 1.165) is 5.56 Å². The van der Waals surface area contributed by atoms with Crippen molar-refractivity contribution in [3.63, 3.8) is 0 Å². The molecule has 2 N–H and O–H groups in total. The molecule has 0 fully saturated rings. The molecule has 0 saturated carbocycles. The summed E-state index contributed by atoms with van der Waals surface area (Å²) in [4.78, 5) is 22.7. The molecule has 0 spiro atoms. The Balaban J connectivity index is 1.82. The van der Waals surface area contributed by atoms with Gasteiger partial charge in [0.2, 0.25) is 5.91 Å². The van der Waals surface area contributed by atoms with Gasteiger partial charge in [-0.25, -0.2) is 9.48 Å². The lowest BCUT2D eigenvalue weighted by Gasteiger charge is -2.12. The van der Waals surface area contributed by atoms with Gasteiger partial charge in [-0.1, -0.05) is 35.5 Å². The first-order valence-electron chi connectivity index (χ1n) is 6.54. The first-order chi connectivity index (χ1) is 10.1. The summed E-state index contributed by atoms with van der Waals surface area (Å²) in [6.45, 7) is 2.56. The van der Waals surface area contributed by atoms with Gasteiger partial charge in [0.1, 0.15) is 0 Å². The first kappa shape index (κ1) is 14.7. The second kappa shape index (κ2) is 6.65. The molecule has 1 heterocycles. The first-order valence-corrected chi connectivity index (χ1v) is 6.54. The Morgan fingerprint density at radius 1 is 1.33 bits per heavy atom. The standard InChI is InChI=1S/C14H16N4O3/c1-10(11-5-3-2-4-6-11)13(19)15-7-8-18-9-12(14(20)21)16-17-18/h2-6,9-10H,7-8H2,1H3,(H,15,19)(H,20,21). The Kier molecular flexibility index (Phi) is 4.65. The topological polar surface area (TPSA) is 97.1 Å². The highest BCUT2D eigenvalue weighted by Crippen LogP contribution is 2.14. The lowest BCUT2D eigenvalue weighted by atomic mass is 10.0.